The van der Waals surface area contributed by atoms with E-state index in [1.165, 1.54) is 14.8 Å². The number of halogens is 5. The molecule has 3 fully saturated rings. The van der Waals surface area contributed by atoms with Crippen molar-refractivity contribution >= 4 is 121 Å². The molecule has 0 bridgehead atoms. The molecule has 0 radical (unpaired) electrons. The van der Waals surface area contributed by atoms with E-state index in [-0.39, 0.29) is 21.7 Å². The van der Waals surface area contributed by atoms with Crippen molar-refractivity contribution in [1.82, 2.24) is 28.5 Å². The van der Waals surface area contributed by atoms with Gasteiger partial charge in [-0.25, -0.2) is 15.0 Å². The monoisotopic (exact) mass is 1050 g/mol. The Morgan fingerprint density at radius 1 is 0.600 bits per heavy atom. The van der Waals surface area contributed by atoms with E-state index in [2.05, 4.69) is 72.2 Å². The van der Waals surface area contributed by atoms with Crippen molar-refractivity contribution in [2.45, 2.75) is 0 Å². The number of fused-ring (bicyclic) bond motifs is 1. The molecule has 0 spiro atoms. The molecule has 3 aliphatic heterocycles. The molecular weight excluding hydrogens is 1010 g/mol. The molecule has 0 amide bonds. The van der Waals surface area contributed by atoms with Gasteiger partial charge in [0, 0.05) is 89.6 Å². The first-order valence-electron chi connectivity index (χ1n) is 18.2. The molecule has 0 saturated carbocycles. The molecule has 3 aliphatic rings. The Morgan fingerprint density at radius 3 is 1.65 bits per heavy atom. The fourth-order valence-electron chi connectivity index (χ4n) is 5.98. The Kier molecular flexibility index (Phi) is 16.4. The number of hydrogen-bond acceptors (Lipinski definition) is 13. The van der Waals surface area contributed by atoms with E-state index in [1.807, 2.05) is 24.4 Å². The van der Waals surface area contributed by atoms with E-state index in [4.69, 9.17) is 54.7 Å². The molecule has 5 aromatic rings. The van der Waals surface area contributed by atoms with Crippen molar-refractivity contribution < 1.29 is 31.0 Å². The quantitative estimate of drug-likeness (QED) is 0.145. The van der Waals surface area contributed by atoms with Gasteiger partial charge in [-0.2, -0.15) is 25.4 Å². The Balaban J connectivity index is 0.000000186. The molecule has 7 heterocycles. The van der Waals surface area contributed by atoms with Gasteiger partial charge < -0.3 is 24.8 Å². The summed E-state index contributed by atoms with van der Waals surface area (Å²) in [5, 5.41) is 1.56. The number of nitrogens with one attached hydrogen (secondary N) is 2. The van der Waals surface area contributed by atoms with Crippen molar-refractivity contribution in [3.63, 3.8) is 0 Å². The molecule has 3 saturated heterocycles. The van der Waals surface area contributed by atoms with Gasteiger partial charge in [-0.1, -0.05) is 40.9 Å². The minimum absolute atomic E-state index is 0.0899. The SMILES string of the molecule is Nc1cc(Br)cnc1Cl.O=S(=O)(Nc1cc(-c2ccc3nccc(N4CCOCC4)c3c2)cnc1Cl)N1CCOCC1.O=S(=O)(Nc1cc(Br)cnc1Cl)N1CCOCC1. The van der Waals surface area contributed by atoms with Crippen molar-refractivity contribution in [3.05, 3.63) is 91.7 Å². The molecule has 17 nitrogen and oxygen atoms in total. The Labute approximate surface area is 379 Å². The van der Waals surface area contributed by atoms with Crippen LogP contribution in [0, 0.1) is 0 Å². The van der Waals surface area contributed by atoms with Gasteiger partial charge in [-0.15, -0.1) is 0 Å². The van der Waals surface area contributed by atoms with Gasteiger partial charge in [0.25, 0.3) is 0 Å². The summed E-state index contributed by atoms with van der Waals surface area (Å²) in [5.41, 5.74) is 9.99. The number of nitrogen functional groups attached to an aromatic ring is 1. The first-order chi connectivity index (χ1) is 28.7. The average Bonchev–Trinajstić information content (AvgIpc) is 3.25. The highest BCUT2D eigenvalue weighted by atomic mass is 79.9. The third-order valence-corrected chi connectivity index (χ3v) is 13.8. The number of benzene rings is 1. The van der Waals surface area contributed by atoms with E-state index < -0.39 is 20.4 Å². The lowest BCUT2D eigenvalue weighted by molar-refractivity contribution is 0.0733. The zero-order chi connectivity index (χ0) is 42.9. The van der Waals surface area contributed by atoms with Crippen LogP contribution in [0.5, 0.6) is 0 Å². The van der Waals surface area contributed by atoms with Crippen LogP contribution < -0.4 is 20.1 Å². The van der Waals surface area contributed by atoms with E-state index >= 15 is 0 Å². The summed E-state index contributed by atoms with van der Waals surface area (Å²) in [7, 11) is -7.38. The van der Waals surface area contributed by atoms with E-state index in [0.29, 0.717) is 81.1 Å². The standard InChI is InChI=1S/C22H24ClN5O4S.C9H11BrClN3O3S.C5H4BrClN2/c23-22-20(26-33(29,30)28-7-11-32-12-8-28)14-17(15-25-22)16-1-2-19-18(13-16)21(3-4-24-19)27-5-9-31-10-6-27;10-7-5-8(9(11)12-6-7)13-18(15,16)14-1-3-17-4-2-14;6-3-1-4(8)5(7)9-2-3/h1-4,13-15,26H,5-12H2;5-6,13H,1-4H2;1-2H,8H2. The lowest BCUT2D eigenvalue weighted by Gasteiger charge is -2.29. The number of nitrogens with zero attached hydrogens (tertiary/aromatic N) is 7. The molecule has 1 aromatic carbocycles. The third kappa shape index (κ3) is 12.5. The van der Waals surface area contributed by atoms with Gasteiger partial charge in [0.1, 0.15) is 0 Å². The minimum atomic E-state index is -3.76. The number of anilines is 4. The summed E-state index contributed by atoms with van der Waals surface area (Å²) in [5.74, 6) is 0. The number of ether oxygens (including phenoxy) is 3. The highest BCUT2D eigenvalue weighted by Crippen LogP contribution is 2.33. The number of hydrogen-bond donors (Lipinski definition) is 3. The second-order valence-electron chi connectivity index (χ2n) is 13.0. The second-order valence-corrected chi connectivity index (χ2v) is 19.2. The molecule has 322 valence electrons. The normalized spacial score (nSPS) is 16.6. The highest BCUT2D eigenvalue weighted by Gasteiger charge is 2.27. The first kappa shape index (κ1) is 46.3. The van der Waals surface area contributed by atoms with Crippen LogP contribution >= 0.6 is 66.7 Å². The van der Waals surface area contributed by atoms with Gasteiger partial charge in [-0.05, 0) is 73.8 Å². The maximum absolute atomic E-state index is 12.8. The van der Waals surface area contributed by atoms with Crippen LogP contribution in [0.2, 0.25) is 15.5 Å². The Bertz CT molecular complexity index is 2500. The number of nitrogens with two attached hydrogens (primary N) is 1. The summed E-state index contributed by atoms with van der Waals surface area (Å²) in [6.45, 7) is 5.78. The van der Waals surface area contributed by atoms with Crippen molar-refractivity contribution in [2.75, 3.05) is 99.0 Å². The largest absolute Gasteiger partial charge is 0.396 e. The Hall–Kier alpha value is -3.19. The third-order valence-electron chi connectivity index (χ3n) is 8.98. The van der Waals surface area contributed by atoms with Crippen LogP contribution in [-0.2, 0) is 34.6 Å². The van der Waals surface area contributed by atoms with Gasteiger partial charge >= 0.3 is 20.4 Å². The smallest absolute Gasteiger partial charge is 0.301 e. The number of pyridine rings is 4. The number of morpholine rings is 3. The van der Waals surface area contributed by atoms with Crippen LogP contribution in [-0.4, -0.2) is 124 Å². The summed E-state index contributed by atoms with van der Waals surface area (Å²) >= 11 is 24.0. The highest BCUT2D eigenvalue weighted by molar-refractivity contribution is 9.10. The number of aromatic nitrogens is 4. The van der Waals surface area contributed by atoms with Gasteiger partial charge in [0.15, 0.2) is 15.5 Å². The fourth-order valence-corrected chi connectivity index (χ4v) is 9.56. The van der Waals surface area contributed by atoms with Crippen molar-refractivity contribution in [2.24, 2.45) is 0 Å². The van der Waals surface area contributed by atoms with Gasteiger partial charge in [-0.3, -0.25) is 14.4 Å². The lowest BCUT2D eigenvalue weighted by Crippen LogP contribution is -2.43. The van der Waals surface area contributed by atoms with E-state index in [9.17, 15) is 16.8 Å². The van der Waals surface area contributed by atoms with Crippen LogP contribution in [0.1, 0.15) is 0 Å². The zero-order valence-corrected chi connectivity index (χ0v) is 38.7. The summed E-state index contributed by atoms with van der Waals surface area (Å²) in [4.78, 5) is 18.7. The first-order valence-corrected chi connectivity index (χ1v) is 23.8. The molecule has 4 aromatic heterocycles. The topological polar surface area (TPSA) is 207 Å². The molecule has 8 rings (SSSR count). The zero-order valence-electron chi connectivity index (χ0n) is 31.6. The lowest BCUT2D eigenvalue weighted by atomic mass is 10.0. The molecular formula is C36H39Br2Cl3N10O7S2. The van der Waals surface area contributed by atoms with Crippen LogP contribution in [0.4, 0.5) is 22.7 Å². The van der Waals surface area contributed by atoms with Gasteiger partial charge in [0.05, 0.1) is 62.2 Å². The summed E-state index contributed by atoms with van der Waals surface area (Å²) in [6, 6.07) is 12.9. The molecule has 4 N–H and O–H groups in total. The predicted molar refractivity (Wildman–Crippen MR) is 241 cm³/mol. The maximum Gasteiger partial charge on any atom is 0.301 e. The Morgan fingerprint density at radius 2 is 1.10 bits per heavy atom. The predicted octanol–water partition coefficient (Wildman–Crippen LogP) is 6.34. The van der Waals surface area contributed by atoms with Crippen LogP contribution in [0.15, 0.2) is 76.2 Å². The van der Waals surface area contributed by atoms with E-state index in [1.54, 1.807) is 30.6 Å². The second kappa shape index (κ2) is 21.3. The average molecular weight is 1050 g/mol. The van der Waals surface area contributed by atoms with Crippen LogP contribution in [0.25, 0.3) is 22.0 Å². The number of rotatable bonds is 8. The molecule has 24 heteroatoms. The molecule has 60 heavy (non-hydrogen) atoms. The van der Waals surface area contributed by atoms with Gasteiger partial charge in [0.2, 0.25) is 0 Å². The van der Waals surface area contributed by atoms with E-state index in [0.717, 1.165) is 45.3 Å². The molecule has 0 aliphatic carbocycles. The summed E-state index contributed by atoms with van der Waals surface area (Å²) < 4.78 is 74.7. The maximum atomic E-state index is 12.8. The summed E-state index contributed by atoms with van der Waals surface area (Å²) in [6.07, 6.45) is 6.55. The molecule has 0 atom stereocenters. The van der Waals surface area contributed by atoms with Crippen molar-refractivity contribution in [3.8, 4) is 11.1 Å². The fraction of sp³-hybridized carbons (Fsp3) is 0.333. The van der Waals surface area contributed by atoms with Crippen molar-refractivity contribution in [1.29, 1.82) is 0 Å². The van der Waals surface area contributed by atoms with Crippen LogP contribution in [0.3, 0.4) is 0 Å². The minimum Gasteiger partial charge on any atom is -0.396 e. The molecule has 0 unspecified atom stereocenters.